The molecule has 0 unspecified atom stereocenters. The van der Waals surface area contributed by atoms with Crippen LogP contribution in [0, 0.1) is 0 Å². The monoisotopic (exact) mass is 329 g/mol. The first-order valence-corrected chi connectivity index (χ1v) is 7.12. The molecule has 1 rings (SSSR count). The maximum Gasteiger partial charge on any atom is 0.485 e. The molecule has 0 amide bonds. The summed E-state index contributed by atoms with van der Waals surface area (Å²) in [7, 11) is 2.15. The summed E-state index contributed by atoms with van der Waals surface area (Å²) >= 11 is 0. The second kappa shape index (κ2) is 7.10. The second-order valence-corrected chi connectivity index (χ2v) is 6.57. The number of alkyl halides is 3. The van der Waals surface area contributed by atoms with Crippen molar-refractivity contribution in [2.75, 3.05) is 28.3 Å². The highest BCUT2D eigenvalue weighted by Gasteiger charge is 2.36. The zero-order valence-corrected chi connectivity index (χ0v) is 13.0. The number of benzene rings is 1. The average molecular weight is 329 g/mol. The van der Waals surface area contributed by atoms with Crippen molar-refractivity contribution >= 4 is 10.1 Å². The summed E-state index contributed by atoms with van der Waals surface area (Å²) in [4.78, 5) is 0. The maximum absolute atomic E-state index is 10.7. The highest BCUT2D eigenvalue weighted by atomic mass is 32.2. The van der Waals surface area contributed by atoms with Gasteiger partial charge < -0.3 is 13.8 Å². The van der Waals surface area contributed by atoms with Gasteiger partial charge in [0.25, 0.3) is 0 Å². The molecule has 0 aliphatic carbocycles. The van der Waals surface area contributed by atoms with E-state index in [2.05, 4.69) is 33.3 Å². The van der Waals surface area contributed by atoms with E-state index >= 15 is 0 Å². The van der Waals surface area contributed by atoms with Crippen molar-refractivity contribution in [1.82, 2.24) is 0 Å². The number of nitrogens with zero attached hydrogens (tertiary/aromatic N) is 1. The molecule has 0 heterocycles. The quantitative estimate of drug-likeness (QED) is 0.483. The molecule has 0 spiro atoms. The topological polar surface area (TPSA) is 66.4 Å². The Balaban J connectivity index is 0.000000433. The zero-order valence-electron chi connectivity index (χ0n) is 12.1. The van der Waals surface area contributed by atoms with Crippen molar-refractivity contribution in [3.8, 4) is 5.75 Å². The molecule has 0 atom stereocenters. The zero-order chi connectivity index (χ0) is 16.9. The number of methoxy groups -OCH3 is 1. The van der Waals surface area contributed by atoms with Crippen LogP contribution in [-0.4, -0.2) is 51.2 Å². The minimum absolute atomic E-state index is 0.936. The summed E-state index contributed by atoms with van der Waals surface area (Å²) in [6.07, 6.45) is 0. The van der Waals surface area contributed by atoms with E-state index in [1.165, 1.54) is 5.56 Å². The van der Waals surface area contributed by atoms with E-state index in [1.807, 2.05) is 12.1 Å². The summed E-state index contributed by atoms with van der Waals surface area (Å²) in [5.41, 5.74) is -4.33. The normalized spacial score (nSPS) is 12.4. The molecule has 0 saturated carbocycles. The maximum atomic E-state index is 10.7. The Morgan fingerprint density at radius 1 is 1.24 bits per heavy atom. The summed E-state index contributed by atoms with van der Waals surface area (Å²) in [5.74, 6) is 0.936. The van der Waals surface area contributed by atoms with Gasteiger partial charge in [0.15, 0.2) is 10.1 Å². The standard InChI is InChI=1S/C11H18NO.CHF3O3S/c1-12(2,3)9-10-6-5-7-11(8-10)13-4;2-1(3,4)8(5,6)7/h5-8H,9H2,1-4H3;(H,5,6,7)/q+1;/p-1. The Morgan fingerprint density at radius 2 is 1.71 bits per heavy atom. The lowest BCUT2D eigenvalue weighted by molar-refractivity contribution is -0.884. The van der Waals surface area contributed by atoms with Gasteiger partial charge in [0, 0.05) is 5.56 Å². The average Bonchev–Trinajstić information content (AvgIpc) is 2.25. The number of halogens is 3. The Morgan fingerprint density at radius 3 is 2.05 bits per heavy atom. The van der Waals surface area contributed by atoms with Crippen LogP contribution in [0.4, 0.5) is 13.2 Å². The minimum Gasteiger partial charge on any atom is -0.741 e. The van der Waals surface area contributed by atoms with Gasteiger partial charge in [-0.1, -0.05) is 12.1 Å². The molecule has 1 aromatic carbocycles. The third kappa shape index (κ3) is 8.53. The van der Waals surface area contributed by atoms with Gasteiger partial charge in [-0.15, -0.1) is 0 Å². The molecule has 0 aliphatic rings. The van der Waals surface area contributed by atoms with E-state index in [1.54, 1.807) is 7.11 Å². The van der Waals surface area contributed by atoms with Crippen LogP contribution in [0.3, 0.4) is 0 Å². The highest BCUT2D eigenvalue weighted by Crippen LogP contribution is 2.20. The van der Waals surface area contributed by atoms with Gasteiger partial charge in [-0.3, -0.25) is 0 Å². The number of hydrogen-bond donors (Lipinski definition) is 0. The van der Waals surface area contributed by atoms with Crippen LogP contribution < -0.4 is 4.74 Å². The van der Waals surface area contributed by atoms with E-state index in [0.29, 0.717) is 0 Å². The van der Waals surface area contributed by atoms with Crippen LogP contribution >= 0.6 is 0 Å². The molecular formula is C12H18F3NO4S. The SMILES string of the molecule is COc1cccc(C[N+](C)(C)C)c1.O=S(=O)([O-])C(F)(F)F. The lowest BCUT2D eigenvalue weighted by Gasteiger charge is -2.23. The minimum atomic E-state index is -6.09. The van der Waals surface area contributed by atoms with Crippen LogP contribution in [0.1, 0.15) is 5.56 Å². The van der Waals surface area contributed by atoms with Gasteiger partial charge in [-0.25, -0.2) is 8.42 Å². The van der Waals surface area contributed by atoms with Crippen LogP contribution in [-0.2, 0) is 16.7 Å². The van der Waals surface area contributed by atoms with Gasteiger partial charge in [0.05, 0.1) is 28.3 Å². The van der Waals surface area contributed by atoms with Gasteiger partial charge >= 0.3 is 5.51 Å². The van der Waals surface area contributed by atoms with Crippen molar-refractivity contribution in [3.05, 3.63) is 29.8 Å². The molecule has 0 aromatic heterocycles. The van der Waals surface area contributed by atoms with E-state index in [0.717, 1.165) is 16.8 Å². The molecule has 0 N–H and O–H groups in total. The number of rotatable bonds is 3. The van der Waals surface area contributed by atoms with Crippen LogP contribution in [0.15, 0.2) is 24.3 Å². The van der Waals surface area contributed by atoms with Gasteiger partial charge in [-0.2, -0.15) is 13.2 Å². The van der Waals surface area contributed by atoms with Crippen molar-refractivity contribution in [1.29, 1.82) is 0 Å². The van der Waals surface area contributed by atoms with Gasteiger partial charge in [-0.05, 0) is 12.1 Å². The molecule has 9 heteroatoms. The fourth-order valence-electron chi connectivity index (χ4n) is 1.32. The fourth-order valence-corrected chi connectivity index (χ4v) is 1.32. The largest absolute Gasteiger partial charge is 0.741 e. The van der Waals surface area contributed by atoms with Crippen molar-refractivity contribution in [2.24, 2.45) is 0 Å². The second-order valence-electron chi connectivity index (χ2n) is 5.20. The first-order valence-electron chi connectivity index (χ1n) is 5.72. The Kier molecular flexibility index (Phi) is 6.65. The van der Waals surface area contributed by atoms with Crippen molar-refractivity contribution in [2.45, 2.75) is 12.1 Å². The Hall–Kier alpha value is -1.32. The first-order chi connectivity index (χ1) is 9.26. The Bertz CT molecular complexity index is 550. The van der Waals surface area contributed by atoms with Crippen molar-refractivity contribution in [3.63, 3.8) is 0 Å². The van der Waals surface area contributed by atoms with Gasteiger partial charge in [0.1, 0.15) is 12.3 Å². The lowest BCUT2D eigenvalue weighted by atomic mass is 10.2. The smallest absolute Gasteiger partial charge is 0.485 e. The third-order valence-corrected chi connectivity index (χ3v) is 2.64. The summed E-state index contributed by atoms with van der Waals surface area (Å²) in [6.45, 7) is 1.02. The number of ether oxygens (including phenoxy) is 1. The fraction of sp³-hybridized carbons (Fsp3) is 0.500. The highest BCUT2D eigenvalue weighted by molar-refractivity contribution is 7.86. The lowest BCUT2D eigenvalue weighted by Crippen LogP contribution is -2.33. The van der Waals surface area contributed by atoms with Crippen molar-refractivity contribution < 1.29 is 35.4 Å². The molecule has 0 radical (unpaired) electrons. The molecule has 122 valence electrons. The number of hydrogen-bond acceptors (Lipinski definition) is 4. The van der Waals surface area contributed by atoms with Crippen LogP contribution in [0.5, 0.6) is 5.75 Å². The molecule has 0 fully saturated rings. The molecule has 0 aliphatic heterocycles. The summed E-state index contributed by atoms with van der Waals surface area (Å²) in [5, 5.41) is 0. The molecule has 1 aromatic rings. The van der Waals surface area contributed by atoms with E-state index in [-0.39, 0.29) is 0 Å². The van der Waals surface area contributed by atoms with E-state index < -0.39 is 15.6 Å². The summed E-state index contributed by atoms with van der Waals surface area (Å²) < 4.78 is 65.0. The predicted octanol–water partition coefficient (Wildman–Crippen LogP) is 1.95. The number of quaternary nitrogens is 1. The van der Waals surface area contributed by atoms with E-state index in [4.69, 9.17) is 17.7 Å². The Labute approximate surface area is 122 Å². The van der Waals surface area contributed by atoms with E-state index in [9.17, 15) is 13.2 Å². The van der Waals surface area contributed by atoms with Gasteiger partial charge in [0.2, 0.25) is 0 Å². The molecule has 0 bridgehead atoms. The van der Waals surface area contributed by atoms with Crippen LogP contribution in [0.25, 0.3) is 0 Å². The first kappa shape index (κ1) is 19.7. The molecule has 5 nitrogen and oxygen atoms in total. The third-order valence-electron chi connectivity index (χ3n) is 2.07. The van der Waals surface area contributed by atoms with Crippen LogP contribution in [0.2, 0.25) is 0 Å². The predicted molar refractivity (Wildman–Crippen MR) is 70.5 cm³/mol. The molecule has 0 saturated heterocycles. The molecular weight excluding hydrogens is 311 g/mol. The summed E-state index contributed by atoms with van der Waals surface area (Å²) in [6, 6.07) is 8.22. The molecule has 21 heavy (non-hydrogen) atoms.